The Balaban J connectivity index is 1.89. The summed E-state index contributed by atoms with van der Waals surface area (Å²) < 4.78 is 0.614. The van der Waals surface area contributed by atoms with Gasteiger partial charge < -0.3 is 14.9 Å². The van der Waals surface area contributed by atoms with Gasteiger partial charge in [-0.3, -0.25) is 4.79 Å². The summed E-state index contributed by atoms with van der Waals surface area (Å²) in [6, 6.07) is 6.40. The van der Waals surface area contributed by atoms with E-state index in [1.807, 2.05) is 6.08 Å². The predicted octanol–water partition coefficient (Wildman–Crippen LogP) is 4.80. The fourth-order valence-electron chi connectivity index (χ4n) is 3.32. The van der Waals surface area contributed by atoms with Crippen LogP contribution in [0.25, 0.3) is 11.6 Å². The molecule has 1 N–H and O–H groups in total. The quantitative estimate of drug-likeness (QED) is 0.557. The van der Waals surface area contributed by atoms with E-state index < -0.39 is 5.97 Å². The Bertz CT molecular complexity index is 902. The van der Waals surface area contributed by atoms with Gasteiger partial charge in [0.1, 0.15) is 9.31 Å². The molecule has 3 rings (SSSR count). The van der Waals surface area contributed by atoms with Crippen LogP contribution in [0.2, 0.25) is 0 Å². The Morgan fingerprint density at radius 1 is 1.33 bits per heavy atom. The third kappa shape index (κ3) is 3.95. The average Bonchev–Trinajstić information content (AvgIpc) is 2.84. The number of anilines is 1. The highest BCUT2D eigenvalue weighted by Gasteiger charge is 2.30. The zero-order chi connectivity index (χ0) is 19.9. The number of carboxylic acids is 1. The van der Waals surface area contributed by atoms with Crippen molar-refractivity contribution in [1.82, 2.24) is 4.90 Å². The Labute approximate surface area is 174 Å². The van der Waals surface area contributed by atoms with Crippen LogP contribution in [0.3, 0.4) is 0 Å². The lowest BCUT2D eigenvalue weighted by atomic mass is 9.88. The van der Waals surface area contributed by atoms with Crippen molar-refractivity contribution in [3.05, 3.63) is 40.3 Å². The van der Waals surface area contributed by atoms with Gasteiger partial charge in [-0.2, -0.15) is 0 Å². The maximum absolute atomic E-state index is 10.8. The molecule has 0 radical (unpaired) electrons. The minimum atomic E-state index is -0.855. The molecule has 4 nitrogen and oxygen atoms in total. The smallest absolute Gasteiger partial charge is 0.305 e. The standard InChI is InChI=1S/C20H22N2O2S3/c1-12-11-20(2,3)21(4)15-6-5-13(9-14(12)15)10-16-18(25)22(19(26)27-16)8-7-17(23)24/h5-6,9-11H,7-8H2,1-4H3,(H,23,24)/b16-10-. The fourth-order valence-corrected chi connectivity index (χ4v) is 5.13. The van der Waals surface area contributed by atoms with Gasteiger partial charge in [-0.05, 0) is 50.1 Å². The number of thioether (sulfide) groups is 1. The van der Waals surface area contributed by atoms with E-state index in [-0.39, 0.29) is 12.0 Å². The van der Waals surface area contributed by atoms with Gasteiger partial charge in [0.2, 0.25) is 0 Å². The van der Waals surface area contributed by atoms with Crippen molar-refractivity contribution in [2.24, 2.45) is 0 Å². The number of carboxylic acid groups (broad SMARTS) is 1. The minimum Gasteiger partial charge on any atom is -0.481 e. The normalized spacial score (nSPS) is 20.1. The SMILES string of the molecule is CC1=CC(C)(C)N(C)c2ccc(/C=C3\SC(=S)N(CCC(=O)O)C3=S)cc21. The number of benzene rings is 1. The van der Waals surface area contributed by atoms with Gasteiger partial charge in [-0.15, -0.1) is 0 Å². The third-order valence-corrected chi connectivity index (χ3v) is 6.93. The lowest BCUT2D eigenvalue weighted by Gasteiger charge is -2.40. The molecule has 0 bridgehead atoms. The van der Waals surface area contributed by atoms with E-state index in [0.29, 0.717) is 15.9 Å². The Morgan fingerprint density at radius 3 is 2.70 bits per heavy atom. The lowest BCUT2D eigenvalue weighted by Crippen LogP contribution is -2.42. The molecule has 0 spiro atoms. The summed E-state index contributed by atoms with van der Waals surface area (Å²) in [6.07, 6.45) is 4.33. The second-order valence-corrected chi connectivity index (χ2v) is 9.36. The second-order valence-electron chi connectivity index (χ2n) is 7.29. The topological polar surface area (TPSA) is 43.8 Å². The number of allylic oxidation sites excluding steroid dienone is 1. The number of rotatable bonds is 4. The number of hydrogen-bond donors (Lipinski definition) is 1. The van der Waals surface area contributed by atoms with Crippen molar-refractivity contribution in [2.75, 3.05) is 18.5 Å². The van der Waals surface area contributed by atoms with Gasteiger partial charge in [0, 0.05) is 24.8 Å². The number of hydrogen-bond acceptors (Lipinski definition) is 5. The van der Waals surface area contributed by atoms with Crippen LogP contribution >= 0.6 is 36.2 Å². The Kier molecular flexibility index (Phi) is 5.47. The molecule has 7 heteroatoms. The van der Waals surface area contributed by atoms with E-state index in [9.17, 15) is 4.79 Å². The summed E-state index contributed by atoms with van der Waals surface area (Å²) in [7, 11) is 2.11. The van der Waals surface area contributed by atoms with Crippen molar-refractivity contribution < 1.29 is 9.90 Å². The van der Waals surface area contributed by atoms with E-state index >= 15 is 0 Å². The van der Waals surface area contributed by atoms with Crippen LogP contribution in [0, 0.1) is 0 Å². The Hall–Kier alpha value is -1.70. The van der Waals surface area contributed by atoms with Gasteiger partial charge >= 0.3 is 5.97 Å². The fraction of sp³-hybridized carbons (Fsp3) is 0.350. The van der Waals surface area contributed by atoms with Crippen molar-refractivity contribution >= 4 is 68.8 Å². The molecular weight excluding hydrogens is 396 g/mol. The van der Waals surface area contributed by atoms with Crippen LogP contribution in [-0.2, 0) is 4.79 Å². The van der Waals surface area contributed by atoms with Crippen LogP contribution in [0.15, 0.2) is 29.2 Å². The first-order chi connectivity index (χ1) is 12.6. The molecule has 0 aromatic heterocycles. The van der Waals surface area contributed by atoms with E-state index in [1.54, 1.807) is 4.90 Å². The summed E-state index contributed by atoms with van der Waals surface area (Å²) >= 11 is 12.3. The number of thiocarbonyl (C=S) groups is 2. The number of nitrogens with zero attached hydrogens (tertiary/aromatic N) is 2. The van der Waals surface area contributed by atoms with Crippen molar-refractivity contribution in [3.63, 3.8) is 0 Å². The first kappa shape index (κ1) is 20.0. The molecule has 0 saturated carbocycles. The van der Waals surface area contributed by atoms with E-state index in [0.717, 1.165) is 10.5 Å². The van der Waals surface area contributed by atoms with Crippen LogP contribution in [-0.4, -0.2) is 44.4 Å². The maximum atomic E-state index is 10.8. The molecule has 0 aliphatic carbocycles. The van der Waals surface area contributed by atoms with E-state index in [1.165, 1.54) is 28.6 Å². The Morgan fingerprint density at radius 2 is 2.04 bits per heavy atom. The van der Waals surface area contributed by atoms with Crippen LogP contribution in [0.1, 0.15) is 38.3 Å². The minimum absolute atomic E-state index is 0.0130. The maximum Gasteiger partial charge on any atom is 0.305 e. The molecule has 0 amide bonds. The predicted molar refractivity (Wildman–Crippen MR) is 122 cm³/mol. The molecule has 0 unspecified atom stereocenters. The van der Waals surface area contributed by atoms with Gasteiger partial charge in [-0.25, -0.2) is 0 Å². The molecule has 142 valence electrons. The molecule has 2 aliphatic rings. The van der Waals surface area contributed by atoms with E-state index in [2.05, 4.69) is 57.0 Å². The van der Waals surface area contributed by atoms with Crippen molar-refractivity contribution in [1.29, 1.82) is 0 Å². The highest BCUT2D eigenvalue weighted by Crippen LogP contribution is 2.39. The number of fused-ring (bicyclic) bond motifs is 1. The first-order valence-corrected chi connectivity index (χ1v) is 10.3. The summed E-state index contributed by atoms with van der Waals surface area (Å²) in [5.74, 6) is -0.855. The molecule has 0 atom stereocenters. The van der Waals surface area contributed by atoms with Crippen molar-refractivity contribution in [2.45, 2.75) is 32.7 Å². The summed E-state index contributed by atoms with van der Waals surface area (Å²) in [5, 5.41) is 8.90. The van der Waals surface area contributed by atoms with Crippen LogP contribution in [0.5, 0.6) is 0 Å². The molecule has 1 saturated heterocycles. The molecule has 2 aliphatic heterocycles. The van der Waals surface area contributed by atoms with E-state index in [4.69, 9.17) is 29.5 Å². The zero-order valence-electron chi connectivity index (χ0n) is 15.8. The highest BCUT2D eigenvalue weighted by molar-refractivity contribution is 8.27. The average molecular weight is 419 g/mol. The number of aliphatic carboxylic acids is 1. The van der Waals surface area contributed by atoms with Crippen LogP contribution in [0.4, 0.5) is 5.69 Å². The lowest BCUT2D eigenvalue weighted by molar-refractivity contribution is -0.137. The van der Waals surface area contributed by atoms with Gasteiger partial charge in [-0.1, -0.05) is 48.3 Å². The van der Waals surface area contributed by atoms with Gasteiger partial charge in [0.15, 0.2) is 0 Å². The molecule has 1 aromatic carbocycles. The third-order valence-electron chi connectivity index (χ3n) is 4.96. The molecule has 1 aromatic rings. The summed E-state index contributed by atoms with van der Waals surface area (Å²) in [4.78, 5) is 16.4. The molecule has 2 heterocycles. The van der Waals surface area contributed by atoms with Gasteiger partial charge in [0.05, 0.1) is 16.9 Å². The molecule has 1 fully saturated rings. The largest absolute Gasteiger partial charge is 0.481 e. The van der Waals surface area contributed by atoms with Crippen LogP contribution < -0.4 is 4.90 Å². The number of likely N-dealkylation sites (N-methyl/N-ethyl adjacent to an activating group) is 1. The zero-order valence-corrected chi connectivity index (χ0v) is 18.2. The molecule has 27 heavy (non-hydrogen) atoms. The van der Waals surface area contributed by atoms with Crippen molar-refractivity contribution in [3.8, 4) is 0 Å². The monoisotopic (exact) mass is 418 g/mol. The summed E-state index contributed by atoms with van der Waals surface area (Å²) in [6.45, 7) is 6.86. The number of carbonyl (C=O) groups is 1. The second kappa shape index (κ2) is 7.37. The first-order valence-electron chi connectivity index (χ1n) is 8.65. The molecular formula is C20H22N2O2S3. The highest BCUT2D eigenvalue weighted by atomic mass is 32.2. The summed E-state index contributed by atoms with van der Waals surface area (Å²) in [5.41, 5.74) is 4.72. The van der Waals surface area contributed by atoms with Gasteiger partial charge in [0.25, 0.3) is 0 Å².